The highest BCUT2D eigenvalue weighted by molar-refractivity contribution is 6.37. The molecule has 1 unspecified atom stereocenters. The number of carbonyl (C=O) groups excluding carboxylic acids is 2. The maximum absolute atomic E-state index is 12.9. The van der Waals surface area contributed by atoms with Gasteiger partial charge in [-0.3, -0.25) is 9.59 Å². The van der Waals surface area contributed by atoms with E-state index in [9.17, 15) is 9.59 Å². The molecule has 7 heteroatoms. The van der Waals surface area contributed by atoms with Crippen LogP contribution in [0.4, 0.5) is 11.4 Å². The summed E-state index contributed by atoms with van der Waals surface area (Å²) in [4.78, 5) is 27.3. The highest BCUT2D eigenvalue weighted by Crippen LogP contribution is 2.38. The number of carbonyl (C=O) groups is 2. The lowest BCUT2D eigenvalue weighted by Gasteiger charge is -2.39. The van der Waals surface area contributed by atoms with Crippen molar-refractivity contribution in [1.82, 2.24) is 0 Å². The van der Waals surface area contributed by atoms with Gasteiger partial charge < -0.3 is 15.0 Å². The van der Waals surface area contributed by atoms with E-state index in [1.54, 1.807) is 30.3 Å². The Morgan fingerprint density at radius 2 is 1.96 bits per heavy atom. The Kier molecular flexibility index (Phi) is 4.62. The molecule has 2 amide bonds. The molecular formula is C18H16Cl2N2O3. The lowest BCUT2D eigenvalue weighted by atomic mass is 9.99. The first-order chi connectivity index (χ1) is 11.9. The van der Waals surface area contributed by atoms with E-state index in [0.717, 1.165) is 0 Å². The van der Waals surface area contributed by atoms with Crippen molar-refractivity contribution in [1.29, 1.82) is 0 Å². The minimum atomic E-state index is -1.70. The standard InChI is InChI=1S/C18H16Cl2N2O3/c1-3-22-14-6-4-5-7-15(14)25-18(2,17(22)24)16(23)21-13-9-8-11(19)10-12(13)20/h4-10H,3H2,1-2H3,(H,21,23). The largest absolute Gasteiger partial charge is 0.465 e. The Balaban J connectivity index is 1.95. The molecule has 0 saturated heterocycles. The number of anilines is 2. The van der Waals surface area contributed by atoms with E-state index in [0.29, 0.717) is 28.7 Å². The van der Waals surface area contributed by atoms with E-state index in [2.05, 4.69) is 5.32 Å². The molecule has 1 N–H and O–H groups in total. The molecule has 25 heavy (non-hydrogen) atoms. The van der Waals surface area contributed by atoms with Crippen LogP contribution in [0.3, 0.4) is 0 Å². The van der Waals surface area contributed by atoms with Gasteiger partial charge >= 0.3 is 0 Å². The number of nitrogens with zero attached hydrogens (tertiary/aromatic N) is 1. The van der Waals surface area contributed by atoms with Gasteiger partial charge in [0.1, 0.15) is 5.75 Å². The normalized spacial score (nSPS) is 19.2. The summed E-state index contributed by atoms with van der Waals surface area (Å²) in [5.41, 5.74) is -0.701. The van der Waals surface area contributed by atoms with Crippen LogP contribution >= 0.6 is 23.2 Å². The van der Waals surface area contributed by atoms with Crippen LogP contribution in [0.1, 0.15) is 13.8 Å². The summed E-state index contributed by atoms with van der Waals surface area (Å²) in [6.45, 7) is 3.71. The fourth-order valence-corrected chi connectivity index (χ4v) is 3.14. The van der Waals surface area contributed by atoms with E-state index in [-0.39, 0.29) is 5.02 Å². The third kappa shape index (κ3) is 3.05. The zero-order valence-corrected chi connectivity index (χ0v) is 15.2. The van der Waals surface area contributed by atoms with Gasteiger partial charge in [-0.25, -0.2) is 0 Å². The summed E-state index contributed by atoms with van der Waals surface area (Å²) in [6, 6.07) is 11.8. The van der Waals surface area contributed by atoms with E-state index >= 15 is 0 Å². The summed E-state index contributed by atoms with van der Waals surface area (Å²) in [5.74, 6) is -0.560. The zero-order valence-electron chi connectivity index (χ0n) is 13.7. The van der Waals surface area contributed by atoms with Gasteiger partial charge in [-0.05, 0) is 44.2 Å². The van der Waals surface area contributed by atoms with Gasteiger partial charge in [0.05, 0.1) is 16.4 Å². The van der Waals surface area contributed by atoms with Crippen LogP contribution < -0.4 is 15.0 Å². The van der Waals surface area contributed by atoms with Gasteiger partial charge in [0.2, 0.25) is 0 Å². The number of hydrogen-bond acceptors (Lipinski definition) is 3. The molecule has 0 aromatic heterocycles. The van der Waals surface area contributed by atoms with Crippen molar-refractivity contribution in [3.63, 3.8) is 0 Å². The zero-order chi connectivity index (χ0) is 18.2. The van der Waals surface area contributed by atoms with Gasteiger partial charge in [-0.15, -0.1) is 0 Å². The van der Waals surface area contributed by atoms with Crippen molar-refractivity contribution in [2.75, 3.05) is 16.8 Å². The summed E-state index contributed by atoms with van der Waals surface area (Å²) >= 11 is 12.0. The molecule has 0 aliphatic carbocycles. The highest BCUT2D eigenvalue weighted by Gasteiger charge is 2.50. The fourth-order valence-electron chi connectivity index (χ4n) is 2.69. The lowest BCUT2D eigenvalue weighted by Crippen LogP contribution is -2.60. The predicted octanol–water partition coefficient (Wildman–Crippen LogP) is 4.14. The Labute approximate surface area is 155 Å². The van der Waals surface area contributed by atoms with Crippen LogP contribution in [0.15, 0.2) is 42.5 Å². The van der Waals surface area contributed by atoms with Crippen LogP contribution in [-0.2, 0) is 9.59 Å². The SMILES string of the molecule is CCN1C(=O)C(C)(C(=O)Nc2ccc(Cl)cc2Cl)Oc2ccccc21. The molecular weight excluding hydrogens is 363 g/mol. The molecule has 0 radical (unpaired) electrons. The van der Waals surface area contributed by atoms with E-state index in [1.807, 2.05) is 13.0 Å². The van der Waals surface area contributed by atoms with Crippen molar-refractivity contribution >= 4 is 46.4 Å². The molecule has 3 rings (SSSR count). The van der Waals surface area contributed by atoms with Gasteiger partial charge in [0.25, 0.3) is 17.4 Å². The van der Waals surface area contributed by atoms with Crippen LogP contribution in [0.5, 0.6) is 5.75 Å². The number of rotatable bonds is 3. The van der Waals surface area contributed by atoms with E-state index < -0.39 is 17.4 Å². The highest BCUT2D eigenvalue weighted by atomic mass is 35.5. The number of nitrogens with one attached hydrogen (secondary N) is 1. The quantitative estimate of drug-likeness (QED) is 0.816. The summed E-state index contributed by atoms with van der Waals surface area (Å²) in [5, 5.41) is 3.38. The third-order valence-corrected chi connectivity index (χ3v) is 4.60. The second-order valence-corrected chi connectivity index (χ2v) is 6.57. The molecule has 0 spiro atoms. The van der Waals surface area contributed by atoms with E-state index in [1.165, 1.54) is 17.9 Å². The van der Waals surface area contributed by atoms with E-state index in [4.69, 9.17) is 27.9 Å². The van der Waals surface area contributed by atoms with Crippen molar-refractivity contribution in [3.05, 3.63) is 52.5 Å². The first-order valence-electron chi connectivity index (χ1n) is 7.73. The molecule has 2 aromatic carbocycles. The molecule has 1 aliphatic heterocycles. The first kappa shape index (κ1) is 17.6. The van der Waals surface area contributed by atoms with Crippen molar-refractivity contribution in [2.45, 2.75) is 19.4 Å². The average molecular weight is 379 g/mol. The lowest BCUT2D eigenvalue weighted by molar-refractivity contribution is -0.145. The number of halogens is 2. The summed E-state index contributed by atoms with van der Waals surface area (Å²) in [7, 11) is 0. The Bertz CT molecular complexity index is 856. The molecule has 0 fully saturated rings. The molecule has 0 saturated carbocycles. The van der Waals surface area contributed by atoms with Gasteiger partial charge in [-0.1, -0.05) is 35.3 Å². The molecule has 1 atom stereocenters. The van der Waals surface area contributed by atoms with Gasteiger partial charge in [0, 0.05) is 11.6 Å². The molecule has 1 heterocycles. The molecule has 0 bridgehead atoms. The number of hydrogen-bond donors (Lipinski definition) is 1. The number of ether oxygens (including phenoxy) is 1. The second kappa shape index (κ2) is 6.58. The predicted molar refractivity (Wildman–Crippen MR) is 98.6 cm³/mol. The Morgan fingerprint density at radius 1 is 1.24 bits per heavy atom. The average Bonchev–Trinajstić information content (AvgIpc) is 2.58. The number of benzene rings is 2. The summed E-state index contributed by atoms with van der Waals surface area (Å²) in [6.07, 6.45) is 0. The number of fused-ring (bicyclic) bond motifs is 1. The van der Waals surface area contributed by atoms with Crippen LogP contribution in [0.2, 0.25) is 10.0 Å². The minimum Gasteiger partial charge on any atom is -0.465 e. The number of amides is 2. The van der Waals surface area contributed by atoms with Gasteiger partial charge in [0.15, 0.2) is 0 Å². The van der Waals surface area contributed by atoms with Crippen molar-refractivity contribution < 1.29 is 14.3 Å². The van der Waals surface area contributed by atoms with Crippen molar-refractivity contribution in [3.8, 4) is 5.75 Å². The maximum atomic E-state index is 12.9. The maximum Gasteiger partial charge on any atom is 0.280 e. The molecule has 130 valence electrons. The number of para-hydroxylation sites is 2. The number of likely N-dealkylation sites (N-methyl/N-ethyl adjacent to an activating group) is 1. The fraction of sp³-hybridized carbons (Fsp3) is 0.222. The Hall–Kier alpha value is -2.24. The van der Waals surface area contributed by atoms with Crippen LogP contribution in [0.25, 0.3) is 0 Å². The summed E-state index contributed by atoms with van der Waals surface area (Å²) < 4.78 is 5.79. The minimum absolute atomic E-state index is 0.278. The Morgan fingerprint density at radius 3 is 2.64 bits per heavy atom. The molecule has 5 nitrogen and oxygen atoms in total. The van der Waals surface area contributed by atoms with Crippen molar-refractivity contribution in [2.24, 2.45) is 0 Å². The van der Waals surface area contributed by atoms with Crippen LogP contribution in [0, 0.1) is 0 Å². The molecule has 2 aromatic rings. The van der Waals surface area contributed by atoms with Crippen LogP contribution in [-0.4, -0.2) is 24.0 Å². The topological polar surface area (TPSA) is 58.6 Å². The third-order valence-electron chi connectivity index (χ3n) is 4.05. The first-order valence-corrected chi connectivity index (χ1v) is 8.49. The smallest absolute Gasteiger partial charge is 0.280 e. The van der Waals surface area contributed by atoms with Gasteiger partial charge in [-0.2, -0.15) is 0 Å². The molecule has 1 aliphatic rings. The second-order valence-electron chi connectivity index (χ2n) is 5.73. The monoisotopic (exact) mass is 378 g/mol.